The van der Waals surface area contributed by atoms with Crippen molar-refractivity contribution < 1.29 is 23.4 Å². The first kappa shape index (κ1) is 20.5. The van der Waals surface area contributed by atoms with Gasteiger partial charge in [0.05, 0.1) is 33.1 Å². The Hall–Kier alpha value is -3.80. The number of hydrogen-bond acceptors (Lipinski definition) is 6. The molecule has 6 nitrogen and oxygen atoms in total. The number of fused-ring (bicyclic) bond motifs is 1. The van der Waals surface area contributed by atoms with E-state index in [9.17, 15) is 4.79 Å². The number of carbonyl (C=O) groups excluding carboxylic acids is 1. The van der Waals surface area contributed by atoms with Crippen molar-refractivity contribution in [1.82, 2.24) is 4.98 Å². The lowest BCUT2D eigenvalue weighted by molar-refractivity contribution is 0.103. The zero-order valence-electron chi connectivity index (χ0n) is 18.1. The normalized spacial score (nSPS) is 10.9. The minimum atomic E-state index is -0.191. The molecule has 0 saturated carbocycles. The quantitative estimate of drug-likeness (QED) is 0.393. The van der Waals surface area contributed by atoms with Crippen LogP contribution in [0.1, 0.15) is 27.0 Å². The van der Waals surface area contributed by atoms with Gasteiger partial charge in [-0.1, -0.05) is 0 Å². The molecular formula is C25H23NO5. The largest absolute Gasteiger partial charge is 0.497 e. The standard InChI is InChI=1S/C25H23NO5/c1-14-10-17(11-20(30-5)15(14)2)24(27)22-23-21(12-19(29-4)13-26-23)31-25(22)16-6-8-18(28-3)9-7-16/h6-13H,1-5H3. The Bertz CT molecular complexity index is 1270. The molecule has 0 fully saturated rings. The van der Waals surface area contributed by atoms with Gasteiger partial charge in [0, 0.05) is 17.2 Å². The van der Waals surface area contributed by atoms with E-state index in [0.717, 1.165) is 16.7 Å². The predicted molar refractivity (Wildman–Crippen MR) is 118 cm³/mol. The average Bonchev–Trinajstić information content (AvgIpc) is 3.18. The van der Waals surface area contributed by atoms with Gasteiger partial charge in [0.25, 0.3) is 0 Å². The van der Waals surface area contributed by atoms with Gasteiger partial charge in [-0.25, -0.2) is 4.98 Å². The van der Waals surface area contributed by atoms with Crippen LogP contribution in [0.4, 0.5) is 0 Å². The predicted octanol–water partition coefficient (Wildman–Crippen LogP) is 5.37. The molecule has 2 aromatic heterocycles. The molecule has 2 aromatic carbocycles. The van der Waals surface area contributed by atoms with Gasteiger partial charge in [0.2, 0.25) is 0 Å². The second-order valence-corrected chi connectivity index (χ2v) is 7.21. The number of rotatable bonds is 6. The number of aromatic nitrogens is 1. The van der Waals surface area contributed by atoms with Crippen molar-refractivity contribution in [2.45, 2.75) is 13.8 Å². The first-order chi connectivity index (χ1) is 15.0. The van der Waals surface area contributed by atoms with Gasteiger partial charge in [-0.15, -0.1) is 0 Å². The van der Waals surface area contributed by atoms with Crippen molar-refractivity contribution in [2.75, 3.05) is 21.3 Å². The highest BCUT2D eigenvalue weighted by Gasteiger charge is 2.26. The summed E-state index contributed by atoms with van der Waals surface area (Å²) < 4.78 is 22.1. The molecule has 158 valence electrons. The van der Waals surface area contributed by atoms with Crippen molar-refractivity contribution in [1.29, 1.82) is 0 Å². The Balaban J connectivity index is 1.94. The fourth-order valence-corrected chi connectivity index (χ4v) is 3.54. The third kappa shape index (κ3) is 3.61. The third-order valence-corrected chi connectivity index (χ3v) is 5.42. The van der Waals surface area contributed by atoms with Gasteiger partial charge in [-0.3, -0.25) is 4.79 Å². The number of carbonyl (C=O) groups is 1. The number of nitrogens with zero attached hydrogens (tertiary/aromatic N) is 1. The zero-order chi connectivity index (χ0) is 22.1. The van der Waals surface area contributed by atoms with Gasteiger partial charge in [-0.05, 0) is 61.4 Å². The Morgan fingerprint density at radius 1 is 0.903 bits per heavy atom. The van der Waals surface area contributed by atoms with Gasteiger partial charge < -0.3 is 18.6 Å². The summed E-state index contributed by atoms with van der Waals surface area (Å²) in [5, 5.41) is 0. The van der Waals surface area contributed by atoms with E-state index in [1.807, 2.05) is 44.2 Å². The van der Waals surface area contributed by atoms with E-state index in [1.165, 1.54) is 0 Å². The summed E-state index contributed by atoms with van der Waals surface area (Å²) >= 11 is 0. The molecule has 0 aliphatic carbocycles. The summed E-state index contributed by atoms with van der Waals surface area (Å²) in [4.78, 5) is 18.2. The number of pyridine rings is 1. The van der Waals surface area contributed by atoms with Crippen LogP contribution in [-0.4, -0.2) is 32.1 Å². The number of benzene rings is 2. The zero-order valence-corrected chi connectivity index (χ0v) is 18.1. The Labute approximate surface area is 180 Å². The van der Waals surface area contributed by atoms with E-state index in [-0.39, 0.29) is 5.78 Å². The van der Waals surface area contributed by atoms with E-state index in [0.29, 0.717) is 45.2 Å². The minimum Gasteiger partial charge on any atom is -0.497 e. The summed E-state index contributed by atoms with van der Waals surface area (Å²) in [6, 6.07) is 12.7. The molecule has 0 bridgehead atoms. The fraction of sp³-hybridized carbons (Fsp3) is 0.200. The SMILES string of the molecule is COc1ccc(-c2oc3cc(OC)cnc3c2C(=O)c2cc(C)c(C)c(OC)c2)cc1. The summed E-state index contributed by atoms with van der Waals surface area (Å²) in [5.41, 5.74) is 4.57. The molecule has 6 heteroatoms. The highest BCUT2D eigenvalue weighted by Crippen LogP contribution is 2.37. The van der Waals surface area contributed by atoms with Crippen LogP contribution in [0.5, 0.6) is 17.2 Å². The van der Waals surface area contributed by atoms with Gasteiger partial charge in [-0.2, -0.15) is 0 Å². The van der Waals surface area contributed by atoms with Crippen LogP contribution < -0.4 is 14.2 Å². The maximum absolute atomic E-state index is 13.7. The summed E-state index contributed by atoms with van der Waals surface area (Å²) in [7, 11) is 4.76. The second-order valence-electron chi connectivity index (χ2n) is 7.21. The molecular weight excluding hydrogens is 394 g/mol. The van der Waals surface area contributed by atoms with E-state index >= 15 is 0 Å². The number of ether oxygens (including phenoxy) is 3. The fourth-order valence-electron chi connectivity index (χ4n) is 3.54. The van der Waals surface area contributed by atoms with Crippen LogP contribution >= 0.6 is 0 Å². The molecule has 2 heterocycles. The van der Waals surface area contributed by atoms with Crippen LogP contribution in [0.25, 0.3) is 22.4 Å². The molecule has 0 aliphatic heterocycles. The topological polar surface area (TPSA) is 70.8 Å². The highest BCUT2D eigenvalue weighted by atomic mass is 16.5. The van der Waals surface area contributed by atoms with Crippen molar-refractivity contribution in [3.63, 3.8) is 0 Å². The Kier molecular flexibility index (Phi) is 5.38. The molecule has 0 amide bonds. The number of aryl methyl sites for hydroxylation is 1. The van der Waals surface area contributed by atoms with Crippen LogP contribution in [-0.2, 0) is 0 Å². The molecule has 0 unspecified atom stereocenters. The monoisotopic (exact) mass is 417 g/mol. The van der Waals surface area contributed by atoms with Crippen molar-refractivity contribution in [2.24, 2.45) is 0 Å². The van der Waals surface area contributed by atoms with E-state index in [2.05, 4.69) is 4.98 Å². The minimum absolute atomic E-state index is 0.191. The van der Waals surface area contributed by atoms with Crippen molar-refractivity contribution >= 4 is 16.9 Å². The molecule has 31 heavy (non-hydrogen) atoms. The van der Waals surface area contributed by atoms with Crippen molar-refractivity contribution in [3.05, 3.63) is 70.9 Å². The molecule has 0 N–H and O–H groups in total. The van der Waals surface area contributed by atoms with E-state index < -0.39 is 0 Å². The first-order valence-electron chi connectivity index (χ1n) is 9.77. The van der Waals surface area contributed by atoms with E-state index in [1.54, 1.807) is 39.7 Å². The Morgan fingerprint density at radius 3 is 2.26 bits per heavy atom. The maximum Gasteiger partial charge on any atom is 0.199 e. The number of ketones is 1. The molecule has 0 spiro atoms. The molecule has 0 atom stereocenters. The number of furan rings is 1. The highest BCUT2D eigenvalue weighted by molar-refractivity contribution is 6.19. The van der Waals surface area contributed by atoms with Crippen LogP contribution in [0.3, 0.4) is 0 Å². The van der Waals surface area contributed by atoms with E-state index in [4.69, 9.17) is 18.6 Å². The number of hydrogen-bond donors (Lipinski definition) is 0. The van der Waals surface area contributed by atoms with Gasteiger partial charge >= 0.3 is 0 Å². The summed E-state index contributed by atoms with van der Waals surface area (Å²) in [6.07, 6.45) is 1.58. The third-order valence-electron chi connectivity index (χ3n) is 5.42. The lowest BCUT2D eigenvalue weighted by Gasteiger charge is -2.11. The molecule has 4 rings (SSSR count). The van der Waals surface area contributed by atoms with Crippen LogP contribution in [0.15, 0.2) is 53.1 Å². The summed E-state index contributed by atoms with van der Waals surface area (Å²) in [5.74, 6) is 2.18. The Morgan fingerprint density at radius 2 is 1.61 bits per heavy atom. The van der Waals surface area contributed by atoms with Crippen LogP contribution in [0.2, 0.25) is 0 Å². The lowest BCUT2D eigenvalue weighted by atomic mass is 9.96. The van der Waals surface area contributed by atoms with Crippen molar-refractivity contribution in [3.8, 4) is 28.6 Å². The van der Waals surface area contributed by atoms with Gasteiger partial charge in [0.15, 0.2) is 11.4 Å². The molecule has 0 aliphatic rings. The number of methoxy groups -OCH3 is 3. The lowest BCUT2D eigenvalue weighted by Crippen LogP contribution is -2.05. The molecule has 0 radical (unpaired) electrons. The van der Waals surface area contributed by atoms with Crippen LogP contribution in [0, 0.1) is 13.8 Å². The average molecular weight is 417 g/mol. The first-order valence-corrected chi connectivity index (χ1v) is 9.77. The summed E-state index contributed by atoms with van der Waals surface area (Å²) in [6.45, 7) is 3.92. The smallest absolute Gasteiger partial charge is 0.199 e. The maximum atomic E-state index is 13.7. The molecule has 4 aromatic rings. The van der Waals surface area contributed by atoms with Gasteiger partial charge in [0.1, 0.15) is 28.5 Å². The second kappa shape index (κ2) is 8.14. The molecule has 0 saturated heterocycles.